The zero-order valence-electron chi connectivity index (χ0n) is 12.7. The molecule has 0 fully saturated rings. The number of aromatic nitrogens is 2. The molecule has 1 N–H and O–H groups in total. The van der Waals surface area contributed by atoms with Gasteiger partial charge in [-0.2, -0.15) is 0 Å². The average Bonchev–Trinajstić information content (AvgIpc) is 2.53. The molecule has 2 rings (SSSR count). The minimum atomic E-state index is -0.308. The summed E-state index contributed by atoms with van der Waals surface area (Å²) >= 11 is 5.91. The van der Waals surface area contributed by atoms with Gasteiger partial charge in [-0.1, -0.05) is 24.6 Å². The first kappa shape index (κ1) is 16.6. The van der Waals surface area contributed by atoms with Crippen LogP contribution in [0.15, 0.2) is 30.6 Å². The fourth-order valence-electron chi connectivity index (χ4n) is 2.53. The topological polar surface area (TPSA) is 63.1 Å². The van der Waals surface area contributed by atoms with E-state index in [0.717, 1.165) is 11.3 Å². The molecule has 0 aliphatic carbocycles. The molecule has 1 unspecified atom stereocenters. The van der Waals surface area contributed by atoms with Crippen LogP contribution in [0.2, 0.25) is 5.02 Å². The second kappa shape index (κ2) is 7.47. The van der Waals surface area contributed by atoms with Crippen molar-refractivity contribution in [2.45, 2.75) is 39.2 Å². The van der Waals surface area contributed by atoms with Gasteiger partial charge in [0.2, 0.25) is 0 Å². The van der Waals surface area contributed by atoms with Crippen LogP contribution in [0.25, 0.3) is 0 Å². The molecule has 4 nitrogen and oxygen atoms in total. The fourth-order valence-corrected chi connectivity index (χ4v) is 2.71. The molecule has 0 saturated heterocycles. The van der Waals surface area contributed by atoms with Crippen molar-refractivity contribution in [3.8, 4) is 0 Å². The van der Waals surface area contributed by atoms with Gasteiger partial charge in [0.05, 0.1) is 11.6 Å². The van der Waals surface area contributed by atoms with Crippen molar-refractivity contribution in [3.63, 3.8) is 0 Å². The number of nitrogens with zero attached hydrogens (tertiary/aromatic N) is 2. The maximum Gasteiger partial charge on any atom is 0.140 e. The molecule has 1 atom stereocenters. The number of pyridine rings is 2. The Morgan fingerprint density at radius 1 is 1.41 bits per heavy atom. The quantitative estimate of drug-likeness (QED) is 0.888. The molecule has 0 saturated carbocycles. The van der Waals surface area contributed by atoms with Crippen LogP contribution in [0.5, 0.6) is 0 Å². The Labute approximate surface area is 135 Å². The van der Waals surface area contributed by atoms with Crippen molar-refractivity contribution in [2.24, 2.45) is 0 Å². The van der Waals surface area contributed by atoms with Gasteiger partial charge in [0, 0.05) is 48.1 Å². The molecule has 0 spiro atoms. The summed E-state index contributed by atoms with van der Waals surface area (Å²) in [5.41, 5.74) is 3.11. The van der Waals surface area contributed by atoms with Crippen LogP contribution < -0.4 is 0 Å². The fraction of sp³-hybridized carbons (Fsp3) is 0.353. The van der Waals surface area contributed by atoms with E-state index in [1.54, 1.807) is 18.5 Å². The van der Waals surface area contributed by atoms with Gasteiger partial charge in [0.25, 0.3) is 0 Å². The van der Waals surface area contributed by atoms with Crippen molar-refractivity contribution in [1.29, 1.82) is 0 Å². The maximum atomic E-state index is 12.4. The molecule has 116 valence electrons. The lowest BCUT2D eigenvalue weighted by Crippen LogP contribution is -2.17. The number of Topliss-reactive ketones (excluding diaryl/α,β-unsaturated/α-hetero) is 1. The predicted molar refractivity (Wildman–Crippen MR) is 85.9 cm³/mol. The van der Waals surface area contributed by atoms with E-state index in [1.165, 1.54) is 0 Å². The Morgan fingerprint density at radius 2 is 2.18 bits per heavy atom. The summed E-state index contributed by atoms with van der Waals surface area (Å²) in [6.07, 6.45) is 4.14. The van der Waals surface area contributed by atoms with Crippen molar-refractivity contribution in [2.75, 3.05) is 0 Å². The molecular formula is C17H19ClN2O2. The third-order valence-electron chi connectivity index (χ3n) is 3.75. The lowest BCUT2D eigenvalue weighted by atomic mass is 9.87. The van der Waals surface area contributed by atoms with Crippen molar-refractivity contribution in [3.05, 3.63) is 58.1 Å². The second-order valence-corrected chi connectivity index (χ2v) is 5.61. The second-order valence-electron chi connectivity index (χ2n) is 5.17. The van der Waals surface area contributed by atoms with Gasteiger partial charge in [-0.05, 0) is 24.6 Å². The zero-order chi connectivity index (χ0) is 16.1. The Bertz CT molecular complexity index is 673. The number of aliphatic hydroxyl groups excluding tert-OH is 1. The summed E-state index contributed by atoms with van der Waals surface area (Å²) in [5, 5.41) is 9.96. The van der Waals surface area contributed by atoms with Crippen LogP contribution in [0.1, 0.15) is 41.8 Å². The minimum absolute atomic E-state index is 0.136. The summed E-state index contributed by atoms with van der Waals surface area (Å²) < 4.78 is 0. The number of hydrogen-bond donors (Lipinski definition) is 1. The van der Waals surface area contributed by atoms with Gasteiger partial charge < -0.3 is 5.11 Å². The monoisotopic (exact) mass is 318 g/mol. The molecule has 22 heavy (non-hydrogen) atoms. The highest BCUT2D eigenvalue weighted by Crippen LogP contribution is 2.26. The number of aliphatic hydroxyl groups is 1. The van der Waals surface area contributed by atoms with Crippen LogP contribution in [-0.4, -0.2) is 20.9 Å². The Hall–Kier alpha value is -1.78. The number of carbonyl (C=O) groups excluding carboxylic acids is 1. The van der Waals surface area contributed by atoms with Gasteiger partial charge >= 0.3 is 0 Å². The van der Waals surface area contributed by atoms with Crippen molar-refractivity contribution >= 4 is 17.4 Å². The van der Waals surface area contributed by atoms with E-state index < -0.39 is 0 Å². The molecule has 0 amide bonds. The van der Waals surface area contributed by atoms with Crippen LogP contribution in [0.3, 0.4) is 0 Å². The smallest absolute Gasteiger partial charge is 0.140 e. The van der Waals surface area contributed by atoms with Gasteiger partial charge in [0.15, 0.2) is 0 Å². The first-order chi connectivity index (χ1) is 10.6. The molecule has 2 aromatic heterocycles. The number of halogens is 1. The van der Waals surface area contributed by atoms with Crippen LogP contribution in [-0.2, 0) is 17.8 Å². The highest BCUT2D eigenvalue weighted by atomic mass is 35.5. The first-order valence-electron chi connectivity index (χ1n) is 7.25. The summed E-state index contributed by atoms with van der Waals surface area (Å²) in [4.78, 5) is 21.0. The summed E-state index contributed by atoms with van der Waals surface area (Å²) in [6.45, 7) is 3.60. The maximum absolute atomic E-state index is 12.4. The summed E-state index contributed by atoms with van der Waals surface area (Å²) in [6, 6.07) is 5.45. The summed E-state index contributed by atoms with van der Waals surface area (Å²) in [5.74, 6) is -0.172. The normalized spacial score (nSPS) is 12.2. The standard InChI is InChI=1S/C17H19ClN2O2/c1-3-17(22)15(14-5-4-6-19-11(14)2)8-16-12(10-21)7-13(18)9-20-16/h4-7,9,15,21H,3,8,10H2,1-2H3. The average molecular weight is 319 g/mol. The zero-order valence-corrected chi connectivity index (χ0v) is 13.5. The Morgan fingerprint density at radius 3 is 2.82 bits per heavy atom. The third kappa shape index (κ3) is 3.70. The van der Waals surface area contributed by atoms with Gasteiger partial charge in [-0.25, -0.2) is 0 Å². The third-order valence-corrected chi connectivity index (χ3v) is 3.96. The Kier molecular flexibility index (Phi) is 5.63. The van der Waals surface area contributed by atoms with Crippen LogP contribution in [0, 0.1) is 6.92 Å². The molecule has 0 aliphatic heterocycles. The molecule has 0 radical (unpaired) electrons. The van der Waals surface area contributed by atoms with E-state index in [4.69, 9.17) is 11.6 Å². The number of ketones is 1. The SMILES string of the molecule is CCC(=O)C(Cc1ncc(Cl)cc1CO)c1cccnc1C. The van der Waals surface area contributed by atoms with E-state index in [1.807, 2.05) is 26.0 Å². The lowest BCUT2D eigenvalue weighted by molar-refractivity contribution is -0.120. The van der Waals surface area contributed by atoms with Crippen LogP contribution in [0.4, 0.5) is 0 Å². The van der Waals surface area contributed by atoms with Crippen molar-refractivity contribution in [1.82, 2.24) is 9.97 Å². The van der Waals surface area contributed by atoms with Crippen LogP contribution >= 0.6 is 11.6 Å². The van der Waals surface area contributed by atoms with E-state index in [-0.39, 0.29) is 18.3 Å². The van der Waals surface area contributed by atoms with Gasteiger partial charge in [0.1, 0.15) is 5.78 Å². The molecule has 0 aliphatic rings. The number of aryl methyl sites for hydroxylation is 1. The molecule has 0 aromatic carbocycles. The van der Waals surface area contributed by atoms with E-state index >= 15 is 0 Å². The lowest BCUT2D eigenvalue weighted by Gasteiger charge is -2.18. The van der Waals surface area contributed by atoms with Gasteiger partial charge in [-0.3, -0.25) is 14.8 Å². The number of rotatable bonds is 6. The minimum Gasteiger partial charge on any atom is -0.392 e. The van der Waals surface area contributed by atoms with E-state index in [9.17, 15) is 9.90 Å². The Balaban J connectivity index is 2.40. The highest BCUT2D eigenvalue weighted by Gasteiger charge is 2.23. The number of carbonyl (C=O) groups is 1. The molecular weight excluding hydrogens is 300 g/mol. The van der Waals surface area contributed by atoms with Crippen molar-refractivity contribution < 1.29 is 9.90 Å². The number of hydrogen-bond acceptors (Lipinski definition) is 4. The predicted octanol–water partition coefficient (Wildman–Crippen LogP) is 3.24. The van der Waals surface area contributed by atoms with E-state index in [2.05, 4.69) is 9.97 Å². The first-order valence-corrected chi connectivity index (χ1v) is 7.63. The molecule has 2 aromatic rings. The van der Waals surface area contributed by atoms with Gasteiger partial charge in [-0.15, -0.1) is 0 Å². The summed E-state index contributed by atoms with van der Waals surface area (Å²) in [7, 11) is 0. The van der Waals surface area contributed by atoms with E-state index in [0.29, 0.717) is 29.1 Å². The highest BCUT2D eigenvalue weighted by molar-refractivity contribution is 6.30. The molecule has 2 heterocycles. The molecule has 5 heteroatoms. The molecule has 0 bridgehead atoms. The largest absolute Gasteiger partial charge is 0.392 e.